The minimum absolute atomic E-state index is 0.312. The number of benzene rings is 1. The number of aromatic nitrogens is 2. The molecule has 16 heavy (non-hydrogen) atoms. The zero-order chi connectivity index (χ0) is 11.5. The molecule has 0 bridgehead atoms. The van der Waals surface area contributed by atoms with Gasteiger partial charge < -0.3 is 9.52 Å². The van der Waals surface area contributed by atoms with Crippen molar-refractivity contribution in [1.29, 1.82) is 0 Å². The Hall–Kier alpha value is -2.17. The lowest BCUT2D eigenvalue weighted by Gasteiger charge is -2.00. The first-order valence-electron chi connectivity index (χ1n) is 4.77. The summed E-state index contributed by atoms with van der Waals surface area (Å²) in [6.07, 6.45) is 0.451. The van der Waals surface area contributed by atoms with Crippen molar-refractivity contribution in [3.05, 3.63) is 47.2 Å². The molecule has 1 N–H and O–H groups in total. The van der Waals surface area contributed by atoms with Gasteiger partial charge >= 0.3 is 11.9 Å². The first kappa shape index (κ1) is 10.4. The van der Waals surface area contributed by atoms with Crippen molar-refractivity contribution in [2.24, 2.45) is 0 Å². The van der Waals surface area contributed by atoms with E-state index in [4.69, 9.17) is 9.52 Å². The highest BCUT2D eigenvalue weighted by atomic mass is 16.4. The third kappa shape index (κ3) is 2.08. The SMILES string of the molecule is Cc1ccccc1Cc1nnc(C(=O)O)o1. The van der Waals surface area contributed by atoms with Crippen LogP contribution in [0.15, 0.2) is 28.7 Å². The van der Waals surface area contributed by atoms with E-state index in [9.17, 15) is 4.79 Å². The van der Waals surface area contributed by atoms with Gasteiger partial charge in [-0.3, -0.25) is 0 Å². The number of carboxylic acids is 1. The van der Waals surface area contributed by atoms with Crippen LogP contribution in [0.5, 0.6) is 0 Å². The van der Waals surface area contributed by atoms with Crippen molar-refractivity contribution >= 4 is 5.97 Å². The molecule has 5 heteroatoms. The van der Waals surface area contributed by atoms with Crippen LogP contribution in [0, 0.1) is 6.92 Å². The Kier molecular flexibility index (Phi) is 2.68. The largest absolute Gasteiger partial charge is 0.474 e. The third-order valence-electron chi connectivity index (χ3n) is 2.25. The fraction of sp³-hybridized carbons (Fsp3) is 0.182. The second-order valence-electron chi connectivity index (χ2n) is 3.41. The second kappa shape index (κ2) is 4.14. The van der Waals surface area contributed by atoms with E-state index in [1.165, 1.54) is 0 Å². The van der Waals surface area contributed by atoms with Gasteiger partial charge in [0.2, 0.25) is 5.89 Å². The molecule has 5 nitrogen and oxygen atoms in total. The number of aromatic carboxylic acids is 1. The molecule has 0 aliphatic heterocycles. The summed E-state index contributed by atoms with van der Waals surface area (Å²) in [5.41, 5.74) is 2.15. The standard InChI is InChI=1S/C11H10N2O3/c1-7-4-2-3-5-8(7)6-9-12-13-10(16-9)11(14)15/h2-5H,6H2,1H3,(H,14,15). The van der Waals surface area contributed by atoms with Crippen LogP contribution in [0.4, 0.5) is 0 Å². The summed E-state index contributed by atoms with van der Waals surface area (Å²) >= 11 is 0. The van der Waals surface area contributed by atoms with Crippen LogP contribution in [0.25, 0.3) is 0 Å². The highest BCUT2D eigenvalue weighted by molar-refractivity contribution is 5.81. The highest BCUT2D eigenvalue weighted by Crippen LogP contribution is 2.12. The average Bonchev–Trinajstić information content (AvgIpc) is 2.70. The molecule has 0 saturated heterocycles. The van der Waals surface area contributed by atoms with Crippen LogP contribution in [0.1, 0.15) is 27.7 Å². The van der Waals surface area contributed by atoms with E-state index in [1.54, 1.807) is 0 Å². The van der Waals surface area contributed by atoms with Crippen LogP contribution >= 0.6 is 0 Å². The van der Waals surface area contributed by atoms with Gasteiger partial charge in [0.05, 0.1) is 6.42 Å². The zero-order valence-electron chi connectivity index (χ0n) is 8.67. The molecule has 0 aliphatic carbocycles. The van der Waals surface area contributed by atoms with E-state index in [1.807, 2.05) is 31.2 Å². The Balaban J connectivity index is 2.21. The lowest BCUT2D eigenvalue weighted by molar-refractivity contribution is 0.0651. The molecular weight excluding hydrogens is 208 g/mol. The Bertz CT molecular complexity index is 519. The summed E-state index contributed by atoms with van der Waals surface area (Å²) < 4.78 is 4.98. The van der Waals surface area contributed by atoms with Gasteiger partial charge in [-0.25, -0.2) is 4.79 Å². The molecule has 0 spiro atoms. The lowest BCUT2D eigenvalue weighted by Crippen LogP contribution is -1.95. The molecule has 0 atom stereocenters. The van der Waals surface area contributed by atoms with Crippen molar-refractivity contribution in [1.82, 2.24) is 10.2 Å². The third-order valence-corrected chi connectivity index (χ3v) is 2.25. The summed E-state index contributed by atoms with van der Waals surface area (Å²) in [4.78, 5) is 10.5. The number of hydrogen-bond acceptors (Lipinski definition) is 4. The maximum absolute atomic E-state index is 10.5. The molecule has 2 rings (SSSR count). The van der Waals surface area contributed by atoms with E-state index in [-0.39, 0.29) is 5.89 Å². The molecular formula is C11H10N2O3. The van der Waals surface area contributed by atoms with Gasteiger partial charge in [-0.15, -0.1) is 10.2 Å². The van der Waals surface area contributed by atoms with Gasteiger partial charge in [-0.05, 0) is 18.1 Å². The van der Waals surface area contributed by atoms with Crippen LogP contribution in [-0.2, 0) is 6.42 Å². The van der Waals surface area contributed by atoms with Crippen LogP contribution in [-0.4, -0.2) is 21.3 Å². The molecule has 0 fully saturated rings. The summed E-state index contributed by atoms with van der Waals surface area (Å²) in [7, 11) is 0. The quantitative estimate of drug-likeness (QED) is 0.847. The second-order valence-corrected chi connectivity index (χ2v) is 3.41. The smallest absolute Gasteiger partial charge is 0.393 e. The van der Waals surface area contributed by atoms with Gasteiger partial charge in [-0.1, -0.05) is 24.3 Å². The molecule has 1 aromatic heterocycles. The first-order valence-corrected chi connectivity index (χ1v) is 4.77. The van der Waals surface area contributed by atoms with E-state index >= 15 is 0 Å². The van der Waals surface area contributed by atoms with E-state index in [0.717, 1.165) is 11.1 Å². The number of nitrogens with zero attached hydrogens (tertiary/aromatic N) is 2. The Morgan fingerprint density at radius 2 is 2.12 bits per heavy atom. The predicted octanol–water partition coefficient (Wildman–Crippen LogP) is 1.67. The van der Waals surface area contributed by atoms with Crippen LogP contribution in [0.2, 0.25) is 0 Å². The molecule has 0 aliphatic rings. The summed E-state index contributed by atoms with van der Waals surface area (Å²) in [5.74, 6) is -1.26. The maximum Gasteiger partial charge on any atom is 0.393 e. The predicted molar refractivity (Wildman–Crippen MR) is 55.2 cm³/mol. The molecule has 2 aromatic rings. The number of carboxylic acid groups (broad SMARTS) is 1. The molecule has 0 saturated carbocycles. The van der Waals surface area contributed by atoms with Crippen molar-refractivity contribution in [2.75, 3.05) is 0 Å². The van der Waals surface area contributed by atoms with Gasteiger partial charge in [0, 0.05) is 0 Å². The Morgan fingerprint density at radius 3 is 2.75 bits per heavy atom. The highest BCUT2D eigenvalue weighted by Gasteiger charge is 2.13. The Labute approximate surface area is 91.7 Å². The zero-order valence-corrected chi connectivity index (χ0v) is 8.67. The fourth-order valence-electron chi connectivity index (χ4n) is 1.38. The van der Waals surface area contributed by atoms with Gasteiger partial charge in [0.15, 0.2) is 0 Å². The number of rotatable bonds is 3. The molecule has 1 aromatic carbocycles. The number of carbonyl (C=O) groups is 1. The minimum atomic E-state index is -1.21. The van der Waals surface area contributed by atoms with Crippen LogP contribution < -0.4 is 0 Å². The van der Waals surface area contributed by atoms with Crippen molar-refractivity contribution in [3.8, 4) is 0 Å². The first-order chi connectivity index (χ1) is 7.66. The van der Waals surface area contributed by atoms with Crippen molar-refractivity contribution in [3.63, 3.8) is 0 Å². The topological polar surface area (TPSA) is 76.2 Å². The minimum Gasteiger partial charge on any atom is -0.474 e. The lowest BCUT2D eigenvalue weighted by atomic mass is 10.1. The molecule has 0 unspecified atom stereocenters. The summed E-state index contributed by atoms with van der Waals surface area (Å²) in [5, 5.41) is 15.7. The number of hydrogen-bond donors (Lipinski definition) is 1. The fourth-order valence-corrected chi connectivity index (χ4v) is 1.38. The van der Waals surface area contributed by atoms with E-state index in [2.05, 4.69) is 10.2 Å². The van der Waals surface area contributed by atoms with E-state index < -0.39 is 5.97 Å². The van der Waals surface area contributed by atoms with Gasteiger partial charge in [0.25, 0.3) is 0 Å². The van der Waals surface area contributed by atoms with Crippen LogP contribution in [0.3, 0.4) is 0 Å². The van der Waals surface area contributed by atoms with Gasteiger partial charge in [-0.2, -0.15) is 0 Å². The number of aryl methyl sites for hydroxylation is 1. The normalized spacial score (nSPS) is 10.3. The molecule has 0 radical (unpaired) electrons. The van der Waals surface area contributed by atoms with Crippen molar-refractivity contribution < 1.29 is 14.3 Å². The molecule has 82 valence electrons. The monoisotopic (exact) mass is 218 g/mol. The molecule has 0 amide bonds. The molecule has 1 heterocycles. The summed E-state index contributed by atoms with van der Waals surface area (Å²) in [6, 6.07) is 7.77. The van der Waals surface area contributed by atoms with E-state index in [0.29, 0.717) is 12.3 Å². The van der Waals surface area contributed by atoms with Gasteiger partial charge in [0.1, 0.15) is 0 Å². The maximum atomic E-state index is 10.5. The Morgan fingerprint density at radius 1 is 1.38 bits per heavy atom. The summed E-state index contributed by atoms with van der Waals surface area (Å²) in [6.45, 7) is 1.98. The van der Waals surface area contributed by atoms with Crippen molar-refractivity contribution in [2.45, 2.75) is 13.3 Å². The average molecular weight is 218 g/mol.